The molecule has 1 saturated heterocycles. The Morgan fingerprint density at radius 1 is 1.18 bits per heavy atom. The molecule has 0 spiro atoms. The molecule has 2 aromatic rings. The van der Waals surface area contributed by atoms with Crippen LogP contribution >= 0.6 is 11.8 Å². The monoisotopic (exact) mass is 394 g/mol. The van der Waals surface area contributed by atoms with Crippen molar-refractivity contribution in [1.82, 2.24) is 5.32 Å². The number of aryl methyl sites for hydroxylation is 2. The van der Waals surface area contributed by atoms with E-state index in [2.05, 4.69) is 16.9 Å². The van der Waals surface area contributed by atoms with Gasteiger partial charge in [-0.05, 0) is 60.5 Å². The first-order valence-corrected chi connectivity index (χ1v) is 9.61. The topological polar surface area (TPSA) is 59.9 Å². The molecule has 1 aliphatic rings. The average molecular weight is 394 g/mol. The van der Waals surface area contributed by atoms with Crippen LogP contribution in [0.25, 0.3) is 6.08 Å². The lowest BCUT2D eigenvalue weighted by atomic mass is 10.1. The first kappa shape index (κ1) is 19.8. The molecular weight excluding hydrogens is 372 g/mol. The molecule has 1 heterocycles. The van der Waals surface area contributed by atoms with E-state index in [-0.39, 0.29) is 5.91 Å². The van der Waals surface area contributed by atoms with E-state index in [1.54, 1.807) is 13.2 Å². The summed E-state index contributed by atoms with van der Waals surface area (Å²) in [5.41, 5.74) is 3.87. The zero-order valence-electron chi connectivity index (χ0n) is 16.1. The van der Waals surface area contributed by atoms with Crippen molar-refractivity contribution in [2.75, 3.05) is 13.7 Å². The molecule has 3 rings (SSSR count). The molecule has 2 aromatic carbocycles. The summed E-state index contributed by atoms with van der Waals surface area (Å²) in [4.78, 5) is 17.6. The number of nitrogens with one attached hydrogen (secondary N) is 1. The quantitative estimate of drug-likeness (QED) is 0.566. The van der Waals surface area contributed by atoms with Gasteiger partial charge in [0, 0.05) is 0 Å². The number of carbonyl (C=O) groups is 1. The number of carbonyl (C=O) groups excluding carboxylic acids is 1. The number of ether oxygens (including phenoxy) is 2. The molecule has 0 bridgehead atoms. The second-order valence-corrected chi connectivity index (χ2v) is 7.26. The van der Waals surface area contributed by atoms with Gasteiger partial charge in [0.25, 0.3) is 5.91 Å². The molecule has 5 nitrogen and oxygen atoms in total. The molecule has 0 atom stereocenters. The van der Waals surface area contributed by atoms with Crippen LogP contribution in [0.15, 0.2) is 59.0 Å². The number of aliphatic imine (C=N–C) groups is 1. The molecule has 0 radical (unpaired) electrons. The van der Waals surface area contributed by atoms with Gasteiger partial charge in [0.1, 0.15) is 6.61 Å². The number of amidine groups is 1. The van der Waals surface area contributed by atoms with Gasteiger partial charge in [0.2, 0.25) is 0 Å². The van der Waals surface area contributed by atoms with Gasteiger partial charge in [0.05, 0.1) is 17.7 Å². The minimum atomic E-state index is -0.166. The first-order valence-electron chi connectivity index (χ1n) is 8.79. The summed E-state index contributed by atoms with van der Waals surface area (Å²) < 4.78 is 10.9. The zero-order chi connectivity index (χ0) is 20.1. The van der Waals surface area contributed by atoms with Crippen molar-refractivity contribution in [3.8, 4) is 11.5 Å². The van der Waals surface area contributed by atoms with E-state index >= 15 is 0 Å². The second kappa shape index (κ2) is 8.80. The van der Waals surface area contributed by atoms with Crippen molar-refractivity contribution in [1.29, 1.82) is 0 Å². The van der Waals surface area contributed by atoms with Crippen molar-refractivity contribution in [3.05, 3.63) is 70.6 Å². The first-order chi connectivity index (χ1) is 13.5. The zero-order valence-corrected chi connectivity index (χ0v) is 16.9. The van der Waals surface area contributed by atoms with E-state index < -0.39 is 0 Å². The fourth-order valence-electron chi connectivity index (χ4n) is 2.76. The summed E-state index contributed by atoms with van der Waals surface area (Å²) in [5.74, 6) is 1.07. The Morgan fingerprint density at radius 3 is 2.61 bits per heavy atom. The van der Waals surface area contributed by atoms with E-state index in [4.69, 9.17) is 9.47 Å². The molecule has 0 unspecified atom stereocenters. The van der Waals surface area contributed by atoms with Gasteiger partial charge in [-0.25, -0.2) is 4.99 Å². The lowest BCUT2D eigenvalue weighted by molar-refractivity contribution is -0.115. The van der Waals surface area contributed by atoms with Crippen LogP contribution in [0, 0.1) is 13.8 Å². The minimum Gasteiger partial charge on any atom is -0.493 e. The SMILES string of the molecule is C=CCOc1ccc(/C=C2\SC(=Nc3c(C)cccc3C)NC2=O)cc1OC. The lowest BCUT2D eigenvalue weighted by Gasteiger charge is -2.09. The normalized spacial score (nSPS) is 16.3. The highest BCUT2D eigenvalue weighted by molar-refractivity contribution is 8.18. The van der Waals surface area contributed by atoms with Crippen LogP contribution < -0.4 is 14.8 Å². The predicted octanol–water partition coefficient (Wildman–Crippen LogP) is 4.77. The van der Waals surface area contributed by atoms with E-state index in [0.29, 0.717) is 28.2 Å². The van der Waals surface area contributed by atoms with Gasteiger partial charge >= 0.3 is 0 Å². The molecule has 6 heteroatoms. The average Bonchev–Trinajstić information content (AvgIpc) is 3.02. The van der Waals surface area contributed by atoms with Crippen LogP contribution in [-0.2, 0) is 4.79 Å². The molecule has 1 aliphatic heterocycles. The van der Waals surface area contributed by atoms with Crippen molar-refractivity contribution < 1.29 is 14.3 Å². The van der Waals surface area contributed by atoms with Crippen LogP contribution in [0.1, 0.15) is 16.7 Å². The molecule has 28 heavy (non-hydrogen) atoms. The number of hydrogen-bond donors (Lipinski definition) is 1. The number of para-hydroxylation sites is 1. The molecule has 0 saturated carbocycles. The Bertz CT molecular complexity index is 959. The number of rotatable bonds is 6. The number of benzene rings is 2. The highest BCUT2D eigenvalue weighted by atomic mass is 32.2. The number of methoxy groups -OCH3 is 1. The van der Waals surface area contributed by atoms with Gasteiger partial charge in [-0.2, -0.15) is 0 Å². The number of nitrogens with zero attached hydrogens (tertiary/aromatic N) is 1. The van der Waals surface area contributed by atoms with E-state index in [0.717, 1.165) is 22.4 Å². The van der Waals surface area contributed by atoms with E-state index in [1.807, 2.05) is 56.3 Å². The number of amides is 1. The third-order valence-corrected chi connectivity index (χ3v) is 5.06. The maximum atomic E-state index is 12.4. The molecule has 1 N–H and O–H groups in total. The molecule has 0 aromatic heterocycles. The Labute approximate surface area is 169 Å². The van der Waals surface area contributed by atoms with Gasteiger partial charge < -0.3 is 14.8 Å². The van der Waals surface area contributed by atoms with Gasteiger partial charge in [0.15, 0.2) is 16.7 Å². The molecule has 1 fully saturated rings. The fraction of sp³-hybridized carbons (Fsp3) is 0.182. The minimum absolute atomic E-state index is 0.166. The number of hydrogen-bond acceptors (Lipinski definition) is 5. The molecule has 1 amide bonds. The Kier molecular flexibility index (Phi) is 6.21. The van der Waals surface area contributed by atoms with E-state index in [9.17, 15) is 4.79 Å². The third kappa shape index (κ3) is 4.46. The van der Waals surface area contributed by atoms with Crippen LogP contribution in [0.3, 0.4) is 0 Å². The van der Waals surface area contributed by atoms with Gasteiger partial charge in [-0.3, -0.25) is 4.79 Å². The summed E-state index contributed by atoms with van der Waals surface area (Å²) in [6.07, 6.45) is 3.49. The fourth-order valence-corrected chi connectivity index (χ4v) is 3.59. The highest BCUT2D eigenvalue weighted by Gasteiger charge is 2.24. The molecule has 0 aliphatic carbocycles. The maximum Gasteiger partial charge on any atom is 0.264 e. The summed E-state index contributed by atoms with van der Waals surface area (Å²) in [6, 6.07) is 11.5. The van der Waals surface area contributed by atoms with Crippen molar-refractivity contribution >= 4 is 34.6 Å². The summed E-state index contributed by atoms with van der Waals surface area (Å²) in [7, 11) is 1.58. The van der Waals surface area contributed by atoms with E-state index in [1.165, 1.54) is 11.8 Å². The molecular formula is C22H22N2O3S. The summed E-state index contributed by atoms with van der Waals surface area (Å²) in [5, 5.41) is 3.41. The highest BCUT2D eigenvalue weighted by Crippen LogP contribution is 2.33. The standard InChI is InChI=1S/C22H22N2O3S/c1-5-11-27-17-10-9-16(12-18(17)26-4)13-19-21(25)24-22(28-19)23-20-14(2)7-6-8-15(20)3/h5-10,12-13H,1,11H2,2-4H3,(H,23,24,25)/b19-13-. The summed E-state index contributed by atoms with van der Waals surface area (Å²) in [6.45, 7) is 8.05. The van der Waals surface area contributed by atoms with Crippen LogP contribution in [0.2, 0.25) is 0 Å². The van der Waals surface area contributed by atoms with Crippen LogP contribution in [-0.4, -0.2) is 24.8 Å². The van der Waals surface area contributed by atoms with Crippen molar-refractivity contribution in [3.63, 3.8) is 0 Å². The largest absolute Gasteiger partial charge is 0.493 e. The lowest BCUT2D eigenvalue weighted by Crippen LogP contribution is -2.19. The summed E-state index contributed by atoms with van der Waals surface area (Å²) >= 11 is 1.32. The van der Waals surface area contributed by atoms with Crippen molar-refractivity contribution in [2.45, 2.75) is 13.8 Å². The molecule has 144 valence electrons. The third-order valence-electron chi connectivity index (χ3n) is 4.15. The smallest absolute Gasteiger partial charge is 0.264 e. The second-order valence-electron chi connectivity index (χ2n) is 6.23. The van der Waals surface area contributed by atoms with Crippen LogP contribution in [0.5, 0.6) is 11.5 Å². The predicted molar refractivity (Wildman–Crippen MR) is 115 cm³/mol. The number of thioether (sulfide) groups is 1. The Hall–Kier alpha value is -2.99. The Balaban J connectivity index is 1.84. The van der Waals surface area contributed by atoms with Crippen molar-refractivity contribution in [2.24, 2.45) is 4.99 Å². The van der Waals surface area contributed by atoms with Crippen LogP contribution in [0.4, 0.5) is 5.69 Å². The van der Waals surface area contributed by atoms with Gasteiger partial charge in [-0.15, -0.1) is 0 Å². The Morgan fingerprint density at radius 2 is 1.93 bits per heavy atom. The van der Waals surface area contributed by atoms with Gasteiger partial charge in [-0.1, -0.05) is 36.9 Å². The maximum absolute atomic E-state index is 12.4.